The van der Waals surface area contributed by atoms with Gasteiger partial charge in [0.05, 0.1) is 0 Å². The van der Waals surface area contributed by atoms with Crippen molar-refractivity contribution < 1.29 is 19.5 Å². The summed E-state index contributed by atoms with van der Waals surface area (Å²) in [5.74, 6) is -1.47. The van der Waals surface area contributed by atoms with E-state index in [-0.39, 0.29) is 11.1 Å². The quantitative estimate of drug-likeness (QED) is 0.600. The fraction of sp³-hybridized carbons (Fsp3) is 0.667. The highest BCUT2D eigenvalue weighted by atomic mass is 16.4. The molecule has 0 bridgehead atoms. The van der Waals surface area contributed by atoms with Crippen LogP contribution in [0.2, 0.25) is 0 Å². The molecule has 3 N–H and O–H groups in total. The van der Waals surface area contributed by atoms with Crippen molar-refractivity contribution in [3.8, 4) is 0 Å². The van der Waals surface area contributed by atoms with Gasteiger partial charge in [-0.2, -0.15) is 0 Å². The van der Waals surface area contributed by atoms with Crippen LogP contribution in [0.15, 0.2) is 11.1 Å². The number of nitrogens with one attached hydrogen (secondary N) is 2. The number of amides is 3. The Balaban J connectivity index is 4.35. The van der Waals surface area contributed by atoms with Crippen molar-refractivity contribution >= 4 is 17.9 Å². The highest BCUT2D eigenvalue weighted by molar-refractivity contribution is 6.07. The molecule has 6 heteroatoms. The van der Waals surface area contributed by atoms with Gasteiger partial charge >= 0.3 is 12.0 Å². The second kappa shape index (κ2) is 9.96. The summed E-state index contributed by atoms with van der Waals surface area (Å²) in [7, 11) is 0. The van der Waals surface area contributed by atoms with Crippen LogP contribution in [0.4, 0.5) is 4.79 Å². The molecular formula is C15H26N2O4. The maximum atomic E-state index is 11.7. The van der Waals surface area contributed by atoms with Crippen molar-refractivity contribution in [2.75, 3.05) is 6.54 Å². The van der Waals surface area contributed by atoms with E-state index in [9.17, 15) is 14.4 Å². The zero-order chi connectivity index (χ0) is 16.4. The summed E-state index contributed by atoms with van der Waals surface area (Å²) in [5.41, 5.74) is -0.0506. The Morgan fingerprint density at radius 1 is 1.10 bits per heavy atom. The SMILES string of the molecule is CCCCC(CC)CNC(=O)NC(=O)C(C)=C(C)C(=O)O. The van der Waals surface area contributed by atoms with E-state index in [1.807, 2.05) is 0 Å². The molecule has 1 unspecified atom stereocenters. The number of unbranched alkanes of at least 4 members (excludes halogenated alkanes) is 1. The van der Waals surface area contributed by atoms with Gasteiger partial charge in [-0.1, -0.05) is 33.1 Å². The minimum atomic E-state index is -1.17. The lowest BCUT2D eigenvalue weighted by atomic mass is 9.99. The van der Waals surface area contributed by atoms with Crippen molar-refractivity contribution in [3.63, 3.8) is 0 Å². The fourth-order valence-electron chi connectivity index (χ4n) is 1.75. The summed E-state index contributed by atoms with van der Waals surface area (Å²) in [6.07, 6.45) is 4.23. The average molecular weight is 298 g/mol. The number of aliphatic carboxylic acids is 1. The molecule has 120 valence electrons. The van der Waals surface area contributed by atoms with E-state index in [1.165, 1.54) is 13.8 Å². The van der Waals surface area contributed by atoms with Gasteiger partial charge in [-0.05, 0) is 26.2 Å². The molecule has 0 radical (unpaired) electrons. The summed E-state index contributed by atoms with van der Waals surface area (Å²) in [4.78, 5) is 34.1. The van der Waals surface area contributed by atoms with Crippen LogP contribution in [-0.4, -0.2) is 29.6 Å². The summed E-state index contributed by atoms with van der Waals surface area (Å²) in [5, 5.41) is 13.6. The third-order valence-corrected chi connectivity index (χ3v) is 3.55. The van der Waals surface area contributed by atoms with E-state index in [0.717, 1.165) is 25.7 Å². The number of carbonyl (C=O) groups is 3. The predicted octanol–water partition coefficient (Wildman–Crippen LogP) is 2.45. The molecule has 1 atom stereocenters. The Hall–Kier alpha value is -1.85. The van der Waals surface area contributed by atoms with Crippen LogP contribution < -0.4 is 10.6 Å². The molecule has 0 fully saturated rings. The molecule has 21 heavy (non-hydrogen) atoms. The van der Waals surface area contributed by atoms with Gasteiger partial charge in [0.25, 0.3) is 5.91 Å². The van der Waals surface area contributed by atoms with Gasteiger partial charge in [-0.25, -0.2) is 9.59 Å². The lowest BCUT2D eigenvalue weighted by Gasteiger charge is -2.15. The number of urea groups is 1. The number of rotatable bonds is 8. The number of hydrogen-bond donors (Lipinski definition) is 3. The molecule has 0 aromatic rings. The third kappa shape index (κ3) is 7.48. The first-order valence-electron chi connectivity index (χ1n) is 7.33. The van der Waals surface area contributed by atoms with Crippen LogP contribution in [0.5, 0.6) is 0 Å². The van der Waals surface area contributed by atoms with Gasteiger partial charge in [0, 0.05) is 17.7 Å². The molecule has 6 nitrogen and oxygen atoms in total. The Morgan fingerprint density at radius 3 is 2.19 bits per heavy atom. The van der Waals surface area contributed by atoms with Crippen LogP contribution in [0.3, 0.4) is 0 Å². The van der Waals surface area contributed by atoms with Crippen molar-refractivity contribution in [3.05, 3.63) is 11.1 Å². The summed E-state index contributed by atoms with van der Waals surface area (Å²) >= 11 is 0. The molecular weight excluding hydrogens is 272 g/mol. The topological polar surface area (TPSA) is 95.5 Å². The molecule has 0 rings (SSSR count). The van der Waals surface area contributed by atoms with Crippen LogP contribution in [0, 0.1) is 5.92 Å². The van der Waals surface area contributed by atoms with Crippen LogP contribution >= 0.6 is 0 Å². The van der Waals surface area contributed by atoms with Crippen LogP contribution in [-0.2, 0) is 9.59 Å². The zero-order valence-electron chi connectivity index (χ0n) is 13.3. The molecule has 0 saturated carbocycles. The highest BCUT2D eigenvalue weighted by Crippen LogP contribution is 2.11. The largest absolute Gasteiger partial charge is 0.478 e. The number of carboxylic acid groups (broad SMARTS) is 1. The Bertz CT molecular complexity index is 416. The van der Waals surface area contributed by atoms with Crippen molar-refractivity contribution in [2.45, 2.75) is 53.4 Å². The smallest absolute Gasteiger partial charge is 0.331 e. The van der Waals surface area contributed by atoms with Gasteiger partial charge in [0.15, 0.2) is 0 Å². The summed E-state index contributed by atoms with van der Waals surface area (Å²) in [6.45, 7) is 7.39. The van der Waals surface area contributed by atoms with E-state index >= 15 is 0 Å². The van der Waals surface area contributed by atoms with Crippen LogP contribution in [0.25, 0.3) is 0 Å². The Morgan fingerprint density at radius 2 is 1.71 bits per heavy atom. The van der Waals surface area contributed by atoms with Crippen molar-refractivity contribution in [1.29, 1.82) is 0 Å². The lowest BCUT2D eigenvalue weighted by Crippen LogP contribution is -2.42. The maximum Gasteiger partial charge on any atom is 0.331 e. The van der Waals surface area contributed by atoms with E-state index in [4.69, 9.17) is 5.11 Å². The fourth-order valence-corrected chi connectivity index (χ4v) is 1.75. The minimum absolute atomic E-state index is 0.0238. The molecule has 0 aliphatic carbocycles. The van der Waals surface area contributed by atoms with Gasteiger partial charge in [0.1, 0.15) is 0 Å². The van der Waals surface area contributed by atoms with Gasteiger partial charge < -0.3 is 10.4 Å². The van der Waals surface area contributed by atoms with Gasteiger partial charge in [0.2, 0.25) is 0 Å². The molecule has 0 aromatic heterocycles. The van der Waals surface area contributed by atoms with Crippen molar-refractivity contribution in [2.24, 2.45) is 5.92 Å². The Labute approximate surface area is 126 Å². The van der Waals surface area contributed by atoms with E-state index in [0.29, 0.717) is 12.5 Å². The van der Waals surface area contributed by atoms with Crippen LogP contribution in [0.1, 0.15) is 53.4 Å². The summed E-state index contributed by atoms with van der Waals surface area (Å²) < 4.78 is 0. The normalized spacial score (nSPS) is 13.1. The second-order valence-electron chi connectivity index (χ2n) is 5.14. The zero-order valence-corrected chi connectivity index (χ0v) is 13.3. The monoisotopic (exact) mass is 298 g/mol. The second-order valence-corrected chi connectivity index (χ2v) is 5.14. The molecule has 0 aliphatic heterocycles. The first-order valence-corrected chi connectivity index (χ1v) is 7.33. The number of carboxylic acids is 1. The lowest BCUT2D eigenvalue weighted by molar-refractivity contribution is -0.133. The minimum Gasteiger partial charge on any atom is -0.478 e. The first-order chi connectivity index (χ1) is 9.83. The standard InChI is InChI=1S/C15H26N2O4/c1-5-7-8-12(6-2)9-16-15(21)17-13(18)10(3)11(4)14(19)20/h12H,5-9H2,1-4H3,(H,19,20)(H2,16,17,18,21). The molecule has 0 heterocycles. The van der Waals surface area contributed by atoms with Gasteiger partial charge in [-0.3, -0.25) is 10.1 Å². The number of carbonyl (C=O) groups excluding carboxylic acids is 2. The average Bonchev–Trinajstić information content (AvgIpc) is 2.45. The number of hydrogen-bond acceptors (Lipinski definition) is 3. The predicted molar refractivity (Wildman–Crippen MR) is 80.9 cm³/mol. The molecule has 0 aliphatic rings. The molecule has 0 spiro atoms. The molecule has 3 amide bonds. The highest BCUT2D eigenvalue weighted by Gasteiger charge is 2.15. The van der Waals surface area contributed by atoms with E-state index in [2.05, 4.69) is 24.5 Å². The Kier molecular flexibility index (Phi) is 9.08. The third-order valence-electron chi connectivity index (χ3n) is 3.55. The molecule has 0 aromatic carbocycles. The first kappa shape index (κ1) is 19.1. The van der Waals surface area contributed by atoms with Gasteiger partial charge in [-0.15, -0.1) is 0 Å². The number of imide groups is 1. The molecule has 0 saturated heterocycles. The maximum absolute atomic E-state index is 11.7. The van der Waals surface area contributed by atoms with E-state index in [1.54, 1.807) is 0 Å². The van der Waals surface area contributed by atoms with E-state index < -0.39 is 17.9 Å². The van der Waals surface area contributed by atoms with Crippen molar-refractivity contribution in [1.82, 2.24) is 10.6 Å². The summed E-state index contributed by atoms with van der Waals surface area (Å²) in [6, 6.07) is -0.590.